The van der Waals surface area contributed by atoms with Crippen molar-refractivity contribution in [3.05, 3.63) is 29.3 Å². The fourth-order valence-corrected chi connectivity index (χ4v) is 1.40. The molecule has 0 aromatic heterocycles. The molecule has 16 heavy (non-hydrogen) atoms. The van der Waals surface area contributed by atoms with E-state index in [1.165, 1.54) is 0 Å². The van der Waals surface area contributed by atoms with E-state index in [0.29, 0.717) is 30.0 Å². The number of nitriles is 1. The molecule has 0 aliphatic rings. The predicted octanol–water partition coefficient (Wildman–Crippen LogP) is 2.82. The molecule has 0 fully saturated rings. The summed E-state index contributed by atoms with van der Waals surface area (Å²) in [4.78, 5) is 11.5. The fourth-order valence-electron chi connectivity index (χ4n) is 1.27. The highest BCUT2D eigenvalue weighted by molar-refractivity contribution is 6.18. The van der Waals surface area contributed by atoms with Gasteiger partial charge in [-0.2, -0.15) is 5.26 Å². The van der Waals surface area contributed by atoms with Crippen molar-refractivity contribution in [3.63, 3.8) is 0 Å². The van der Waals surface area contributed by atoms with Gasteiger partial charge in [0.25, 0.3) is 0 Å². The van der Waals surface area contributed by atoms with Crippen LogP contribution in [-0.2, 0) is 4.79 Å². The summed E-state index contributed by atoms with van der Waals surface area (Å²) in [5.41, 5.74) is 2.18. The molecule has 0 unspecified atom stereocenters. The van der Waals surface area contributed by atoms with Crippen molar-refractivity contribution in [1.29, 1.82) is 5.26 Å². The molecule has 0 aliphatic carbocycles. The molecule has 0 heterocycles. The molecule has 0 bridgehead atoms. The summed E-state index contributed by atoms with van der Waals surface area (Å²) >= 11 is 5.50. The maximum Gasteiger partial charge on any atom is 0.224 e. The van der Waals surface area contributed by atoms with Gasteiger partial charge in [-0.05, 0) is 31.0 Å². The largest absolute Gasteiger partial charge is 0.326 e. The van der Waals surface area contributed by atoms with Crippen LogP contribution in [0, 0.1) is 18.3 Å². The molecule has 0 saturated carbocycles. The van der Waals surface area contributed by atoms with Gasteiger partial charge in [0.1, 0.15) is 0 Å². The van der Waals surface area contributed by atoms with Gasteiger partial charge in [-0.3, -0.25) is 4.79 Å². The predicted molar refractivity (Wildman–Crippen MR) is 64.5 cm³/mol. The number of anilines is 1. The van der Waals surface area contributed by atoms with E-state index in [4.69, 9.17) is 16.9 Å². The van der Waals surface area contributed by atoms with Crippen molar-refractivity contribution in [1.82, 2.24) is 0 Å². The number of hydrogen-bond acceptors (Lipinski definition) is 2. The molecule has 3 nitrogen and oxygen atoms in total. The Morgan fingerprint density at radius 3 is 2.94 bits per heavy atom. The molecule has 0 atom stereocenters. The molecule has 84 valence electrons. The van der Waals surface area contributed by atoms with Crippen LogP contribution in [0.5, 0.6) is 0 Å². The molecule has 4 heteroatoms. The summed E-state index contributed by atoms with van der Waals surface area (Å²) in [6, 6.07) is 7.25. The first-order valence-corrected chi connectivity index (χ1v) is 5.57. The Bertz CT molecular complexity index is 424. The van der Waals surface area contributed by atoms with Crippen molar-refractivity contribution in [2.24, 2.45) is 0 Å². The molecule has 1 rings (SSSR count). The molecule has 1 N–H and O–H groups in total. The minimum atomic E-state index is -0.0705. The number of hydrogen-bond donors (Lipinski definition) is 1. The van der Waals surface area contributed by atoms with Gasteiger partial charge in [-0.1, -0.05) is 6.07 Å². The summed E-state index contributed by atoms with van der Waals surface area (Å²) in [5, 5.41) is 11.5. The SMILES string of the molecule is Cc1ccc(C#N)cc1NC(=O)CCCCl. The van der Waals surface area contributed by atoms with Gasteiger partial charge in [-0.15, -0.1) is 11.6 Å². The number of carbonyl (C=O) groups excluding carboxylic acids is 1. The third kappa shape index (κ3) is 3.56. The van der Waals surface area contributed by atoms with Crippen LogP contribution in [0.4, 0.5) is 5.69 Å². The third-order valence-corrected chi connectivity index (χ3v) is 2.45. The lowest BCUT2D eigenvalue weighted by Gasteiger charge is -2.08. The van der Waals surface area contributed by atoms with Crippen LogP contribution in [-0.4, -0.2) is 11.8 Å². The summed E-state index contributed by atoms with van der Waals surface area (Å²) in [7, 11) is 0. The lowest BCUT2D eigenvalue weighted by atomic mass is 10.1. The smallest absolute Gasteiger partial charge is 0.224 e. The zero-order valence-electron chi connectivity index (χ0n) is 9.09. The molecule has 0 saturated heterocycles. The summed E-state index contributed by atoms with van der Waals surface area (Å²) in [6.45, 7) is 1.89. The number of nitrogens with zero attached hydrogens (tertiary/aromatic N) is 1. The van der Waals surface area contributed by atoms with E-state index in [1.54, 1.807) is 12.1 Å². The summed E-state index contributed by atoms with van der Waals surface area (Å²) in [6.07, 6.45) is 1.06. The molecule has 1 aromatic carbocycles. The molecule has 0 radical (unpaired) electrons. The number of halogens is 1. The van der Waals surface area contributed by atoms with Gasteiger partial charge < -0.3 is 5.32 Å². The molecular formula is C12H13ClN2O. The van der Waals surface area contributed by atoms with Crippen LogP contribution in [0.3, 0.4) is 0 Å². The monoisotopic (exact) mass is 236 g/mol. The van der Waals surface area contributed by atoms with Crippen LogP contribution >= 0.6 is 11.6 Å². The zero-order valence-corrected chi connectivity index (χ0v) is 9.84. The van der Waals surface area contributed by atoms with Crippen molar-refractivity contribution in [2.75, 3.05) is 11.2 Å². The first kappa shape index (κ1) is 12.5. The van der Waals surface area contributed by atoms with Gasteiger partial charge in [0, 0.05) is 18.0 Å². The molecule has 1 aromatic rings. The quantitative estimate of drug-likeness (QED) is 0.818. The second kappa shape index (κ2) is 6.14. The van der Waals surface area contributed by atoms with Gasteiger partial charge in [-0.25, -0.2) is 0 Å². The Balaban J connectivity index is 2.73. The van der Waals surface area contributed by atoms with Crippen molar-refractivity contribution in [3.8, 4) is 6.07 Å². The van der Waals surface area contributed by atoms with E-state index >= 15 is 0 Å². The average Bonchev–Trinajstić information content (AvgIpc) is 2.29. The van der Waals surface area contributed by atoms with E-state index in [9.17, 15) is 4.79 Å². The topological polar surface area (TPSA) is 52.9 Å². The molecule has 1 amide bonds. The Kier molecular flexibility index (Phi) is 4.81. The number of rotatable bonds is 4. The number of alkyl halides is 1. The summed E-state index contributed by atoms with van der Waals surface area (Å²) < 4.78 is 0. The number of nitrogens with one attached hydrogen (secondary N) is 1. The second-order valence-electron chi connectivity index (χ2n) is 3.48. The zero-order chi connectivity index (χ0) is 12.0. The van der Waals surface area contributed by atoms with Gasteiger partial charge in [0.15, 0.2) is 0 Å². The van der Waals surface area contributed by atoms with Crippen LogP contribution in [0.2, 0.25) is 0 Å². The highest BCUT2D eigenvalue weighted by Gasteiger charge is 2.05. The number of benzene rings is 1. The lowest BCUT2D eigenvalue weighted by molar-refractivity contribution is -0.116. The second-order valence-corrected chi connectivity index (χ2v) is 3.86. The Labute approximate surface area is 100 Å². The number of amides is 1. The van der Waals surface area contributed by atoms with Crippen molar-refractivity contribution < 1.29 is 4.79 Å². The van der Waals surface area contributed by atoms with Crippen LogP contribution < -0.4 is 5.32 Å². The highest BCUT2D eigenvalue weighted by atomic mass is 35.5. The van der Waals surface area contributed by atoms with Crippen LogP contribution in [0.15, 0.2) is 18.2 Å². The lowest BCUT2D eigenvalue weighted by Crippen LogP contribution is -2.12. The number of carbonyl (C=O) groups is 1. The fraction of sp³-hybridized carbons (Fsp3) is 0.333. The minimum Gasteiger partial charge on any atom is -0.326 e. The molecule has 0 aliphatic heterocycles. The first-order chi connectivity index (χ1) is 7.67. The Hall–Kier alpha value is -1.53. The Morgan fingerprint density at radius 1 is 1.56 bits per heavy atom. The van der Waals surface area contributed by atoms with Crippen molar-refractivity contribution in [2.45, 2.75) is 19.8 Å². The molecule has 0 spiro atoms. The van der Waals surface area contributed by atoms with Crippen LogP contribution in [0.25, 0.3) is 0 Å². The maximum absolute atomic E-state index is 11.5. The van der Waals surface area contributed by atoms with E-state index in [-0.39, 0.29) is 5.91 Å². The van der Waals surface area contributed by atoms with E-state index < -0.39 is 0 Å². The first-order valence-electron chi connectivity index (χ1n) is 5.04. The average molecular weight is 237 g/mol. The van der Waals surface area contributed by atoms with Gasteiger partial charge in [0.2, 0.25) is 5.91 Å². The number of aryl methyl sites for hydroxylation is 1. The summed E-state index contributed by atoms with van der Waals surface area (Å²) in [5.74, 6) is 0.406. The van der Waals surface area contributed by atoms with Gasteiger partial charge in [0.05, 0.1) is 11.6 Å². The Morgan fingerprint density at radius 2 is 2.31 bits per heavy atom. The van der Waals surface area contributed by atoms with E-state index in [1.807, 2.05) is 19.1 Å². The van der Waals surface area contributed by atoms with Crippen LogP contribution in [0.1, 0.15) is 24.0 Å². The molecular weight excluding hydrogens is 224 g/mol. The van der Waals surface area contributed by atoms with Crippen molar-refractivity contribution >= 4 is 23.2 Å². The standard InChI is InChI=1S/C12H13ClN2O/c1-9-4-5-10(8-14)7-11(9)15-12(16)3-2-6-13/h4-5,7H,2-3,6H2,1H3,(H,15,16). The van der Waals surface area contributed by atoms with Gasteiger partial charge >= 0.3 is 0 Å². The van der Waals surface area contributed by atoms with E-state index in [0.717, 1.165) is 5.56 Å². The van der Waals surface area contributed by atoms with E-state index in [2.05, 4.69) is 5.32 Å². The normalized spacial score (nSPS) is 9.56. The highest BCUT2D eigenvalue weighted by Crippen LogP contribution is 2.16. The third-order valence-electron chi connectivity index (χ3n) is 2.18. The minimum absolute atomic E-state index is 0.0705. The maximum atomic E-state index is 11.5.